The van der Waals surface area contributed by atoms with Gasteiger partial charge in [-0.15, -0.1) is 0 Å². The lowest BCUT2D eigenvalue weighted by Crippen LogP contribution is -2.42. The van der Waals surface area contributed by atoms with Crippen molar-refractivity contribution >= 4 is 27.7 Å². The van der Waals surface area contributed by atoms with Crippen molar-refractivity contribution in [1.82, 2.24) is 15.1 Å². The highest BCUT2D eigenvalue weighted by Gasteiger charge is 2.30. The maximum Gasteiger partial charge on any atom is 0.326 e. The van der Waals surface area contributed by atoms with Crippen molar-refractivity contribution < 1.29 is 23.1 Å². The van der Waals surface area contributed by atoms with Crippen LogP contribution in [0, 0.1) is 12.8 Å². The third-order valence-corrected chi connectivity index (χ3v) is 6.20. The number of aryl methyl sites for hydroxylation is 2. The Bertz CT molecular complexity index is 996. The minimum absolute atomic E-state index is 0.0271. The molecule has 0 bridgehead atoms. The van der Waals surface area contributed by atoms with Gasteiger partial charge in [0.05, 0.1) is 11.1 Å². The van der Waals surface area contributed by atoms with Crippen molar-refractivity contribution in [2.24, 2.45) is 13.0 Å². The fourth-order valence-electron chi connectivity index (χ4n) is 2.88. The van der Waals surface area contributed by atoms with Crippen molar-refractivity contribution in [3.05, 3.63) is 41.6 Å². The number of nitrogens with one attached hydrogen (secondary N) is 1. The smallest absolute Gasteiger partial charge is 0.326 e. The first-order chi connectivity index (χ1) is 13.4. The Balaban J connectivity index is 2.38. The molecule has 0 fully saturated rings. The average Bonchev–Trinajstić information content (AvgIpc) is 3.01. The van der Waals surface area contributed by atoms with Crippen molar-refractivity contribution in [2.75, 3.05) is 11.4 Å². The minimum Gasteiger partial charge on any atom is -0.480 e. The van der Waals surface area contributed by atoms with E-state index in [9.17, 15) is 23.1 Å². The molecule has 0 aliphatic heterocycles. The van der Waals surface area contributed by atoms with E-state index in [4.69, 9.17) is 0 Å². The molecular weight excluding hydrogens is 396 g/mol. The van der Waals surface area contributed by atoms with Crippen LogP contribution in [0.1, 0.15) is 36.2 Å². The number of hydrogen-bond donors (Lipinski definition) is 2. The lowest BCUT2D eigenvalue weighted by atomic mass is 10.0. The second kappa shape index (κ2) is 8.64. The second-order valence-corrected chi connectivity index (χ2v) is 9.25. The molecule has 1 unspecified atom stereocenters. The minimum atomic E-state index is -3.94. The summed E-state index contributed by atoms with van der Waals surface area (Å²) in [5.41, 5.74) is 0.887. The van der Waals surface area contributed by atoms with Gasteiger partial charge >= 0.3 is 5.97 Å². The predicted molar refractivity (Wildman–Crippen MR) is 108 cm³/mol. The summed E-state index contributed by atoms with van der Waals surface area (Å²) in [6, 6.07) is 5.25. The van der Waals surface area contributed by atoms with Crippen molar-refractivity contribution in [3.8, 4) is 0 Å². The van der Waals surface area contributed by atoms with E-state index in [1.165, 1.54) is 37.1 Å². The first-order valence-corrected chi connectivity index (χ1v) is 10.5. The summed E-state index contributed by atoms with van der Waals surface area (Å²) in [5.74, 6) is -1.77. The molecular formula is C19H26N4O5S. The third-order valence-electron chi connectivity index (χ3n) is 4.44. The van der Waals surface area contributed by atoms with Crippen molar-refractivity contribution in [2.45, 2.75) is 38.1 Å². The number of sulfonamides is 1. The molecule has 2 rings (SSSR count). The predicted octanol–water partition coefficient (Wildman–Crippen LogP) is 1.78. The van der Waals surface area contributed by atoms with E-state index in [1.54, 1.807) is 12.1 Å². The van der Waals surface area contributed by atoms with Gasteiger partial charge in [-0.1, -0.05) is 31.5 Å². The van der Waals surface area contributed by atoms with Crippen LogP contribution >= 0.6 is 0 Å². The number of benzene rings is 1. The number of hydrogen-bond acceptors (Lipinski definition) is 5. The van der Waals surface area contributed by atoms with Gasteiger partial charge in [0, 0.05) is 14.1 Å². The number of aliphatic carboxylic acids is 1. The Hall–Kier alpha value is -2.88. The molecule has 158 valence electrons. The van der Waals surface area contributed by atoms with Crippen LogP contribution in [0.5, 0.6) is 0 Å². The van der Waals surface area contributed by atoms with Crippen molar-refractivity contribution in [3.63, 3.8) is 0 Å². The fourth-order valence-corrected chi connectivity index (χ4v) is 4.12. The molecule has 29 heavy (non-hydrogen) atoms. The normalized spacial score (nSPS) is 12.6. The maximum absolute atomic E-state index is 13.0. The molecule has 0 saturated heterocycles. The Kier molecular flexibility index (Phi) is 6.68. The number of nitrogens with zero attached hydrogens (tertiary/aromatic N) is 3. The van der Waals surface area contributed by atoms with E-state index in [0.717, 1.165) is 9.87 Å². The maximum atomic E-state index is 13.0. The molecule has 2 aromatic rings. The topological polar surface area (TPSA) is 122 Å². The molecule has 1 heterocycles. The average molecular weight is 423 g/mol. The number of carbonyl (C=O) groups excluding carboxylic acids is 1. The SMILES string of the molecule is Cc1ccc(S(=O)(=O)N(C)c2c(C(=O)NC(CC(C)C)C(=O)O)cnn2C)cc1. The molecule has 0 spiro atoms. The summed E-state index contributed by atoms with van der Waals surface area (Å²) in [5, 5.41) is 15.8. The lowest BCUT2D eigenvalue weighted by molar-refractivity contribution is -0.139. The first-order valence-electron chi connectivity index (χ1n) is 9.06. The van der Waals surface area contributed by atoms with Gasteiger partial charge in [0.15, 0.2) is 5.82 Å². The highest BCUT2D eigenvalue weighted by atomic mass is 32.2. The van der Waals surface area contributed by atoms with Crippen LogP contribution in [0.4, 0.5) is 5.82 Å². The molecule has 0 saturated carbocycles. The molecule has 10 heteroatoms. The van der Waals surface area contributed by atoms with Gasteiger partial charge in [0.2, 0.25) is 0 Å². The zero-order valence-electron chi connectivity index (χ0n) is 17.1. The molecule has 0 aliphatic carbocycles. The Labute approximate surface area is 170 Å². The van der Waals surface area contributed by atoms with Gasteiger partial charge in [0.1, 0.15) is 11.6 Å². The largest absolute Gasteiger partial charge is 0.480 e. The highest BCUT2D eigenvalue weighted by molar-refractivity contribution is 7.92. The van der Waals surface area contributed by atoms with Crippen LogP contribution in [0.25, 0.3) is 0 Å². The summed E-state index contributed by atoms with van der Waals surface area (Å²) in [6.07, 6.45) is 1.47. The summed E-state index contributed by atoms with van der Waals surface area (Å²) in [6.45, 7) is 5.54. The number of carboxylic acid groups (broad SMARTS) is 1. The van der Waals surface area contributed by atoms with Gasteiger partial charge < -0.3 is 10.4 Å². The number of rotatable bonds is 8. The lowest BCUT2D eigenvalue weighted by Gasteiger charge is -2.22. The Morgan fingerprint density at radius 2 is 1.83 bits per heavy atom. The third kappa shape index (κ3) is 4.94. The van der Waals surface area contributed by atoms with Gasteiger partial charge in [-0.25, -0.2) is 13.2 Å². The van der Waals surface area contributed by atoms with E-state index < -0.39 is 27.9 Å². The van der Waals surface area contributed by atoms with Crippen LogP contribution in [-0.4, -0.2) is 48.3 Å². The standard InChI is InChI=1S/C19H26N4O5S/c1-12(2)10-16(19(25)26)21-17(24)15-11-20-22(4)18(15)23(5)29(27,28)14-8-6-13(3)7-9-14/h6-9,11-12,16H,10H2,1-5H3,(H,21,24)(H,25,26). The van der Waals surface area contributed by atoms with Crippen LogP contribution in [0.15, 0.2) is 35.4 Å². The van der Waals surface area contributed by atoms with Gasteiger partial charge in [0.25, 0.3) is 15.9 Å². The van der Waals surface area contributed by atoms with Gasteiger partial charge in [-0.2, -0.15) is 5.10 Å². The molecule has 1 atom stereocenters. The zero-order valence-corrected chi connectivity index (χ0v) is 17.9. The van der Waals surface area contributed by atoms with Crippen LogP contribution in [-0.2, 0) is 21.9 Å². The Morgan fingerprint density at radius 3 is 2.34 bits per heavy atom. The summed E-state index contributed by atoms with van der Waals surface area (Å²) >= 11 is 0. The molecule has 1 aromatic carbocycles. The summed E-state index contributed by atoms with van der Waals surface area (Å²) in [7, 11) is -1.11. The van der Waals surface area contributed by atoms with Crippen LogP contribution in [0.3, 0.4) is 0 Å². The number of amides is 1. The van der Waals surface area contributed by atoms with Crippen LogP contribution in [0.2, 0.25) is 0 Å². The van der Waals surface area contributed by atoms with Gasteiger partial charge in [-0.3, -0.25) is 13.8 Å². The second-order valence-electron chi connectivity index (χ2n) is 7.28. The molecule has 0 aliphatic rings. The molecule has 1 amide bonds. The van der Waals surface area contributed by atoms with Crippen LogP contribution < -0.4 is 9.62 Å². The molecule has 0 radical (unpaired) electrons. The quantitative estimate of drug-likeness (QED) is 0.669. The summed E-state index contributed by atoms with van der Waals surface area (Å²) < 4.78 is 28.2. The molecule has 1 aromatic heterocycles. The highest BCUT2D eigenvalue weighted by Crippen LogP contribution is 2.25. The van der Waals surface area contributed by atoms with E-state index >= 15 is 0 Å². The monoisotopic (exact) mass is 422 g/mol. The number of anilines is 1. The van der Waals surface area contributed by atoms with Gasteiger partial charge in [-0.05, 0) is 31.4 Å². The zero-order chi connectivity index (χ0) is 21.9. The number of carboxylic acids is 1. The number of aromatic nitrogens is 2. The van der Waals surface area contributed by atoms with E-state index in [-0.39, 0.29) is 28.6 Å². The fraction of sp³-hybridized carbons (Fsp3) is 0.421. The van der Waals surface area contributed by atoms with E-state index in [0.29, 0.717) is 0 Å². The molecule has 2 N–H and O–H groups in total. The van der Waals surface area contributed by atoms with E-state index in [1.807, 2.05) is 20.8 Å². The summed E-state index contributed by atoms with van der Waals surface area (Å²) in [4.78, 5) is 24.3. The first kappa shape index (κ1) is 22.4. The molecule has 9 nitrogen and oxygen atoms in total. The number of carbonyl (C=O) groups is 2. The van der Waals surface area contributed by atoms with Crippen molar-refractivity contribution in [1.29, 1.82) is 0 Å². The Morgan fingerprint density at radius 1 is 1.24 bits per heavy atom. The van der Waals surface area contributed by atoms with E-state index in [2.05, 4.69) is 10.4 Å².